The number of rotatable bonds is 7. The summed E-state index contributed by atoms with van der Waals surface area (Å²) in [7, 11) is 0. The van der Waals surface area contributed by atoms with Crippen LogP contribution in [0.15, 0.2) is 12.1 Å². The monoisotopic (exact) mass is 394 g/mol. The van der Waals surface area contributed by atoms with E-state index in [-0.39, 0.29) is 5.91 Å². The zero-order chi connectivity index (χ0) is 19.2. The Morgan fingerprint density at radius 2 is 2.11 bits per heavy atom. The van der Waals surface area contributed by atoms with Crippen LogP contribution in [0.1, 0.15) is 51.5 Å². The van der Waals surface area contributed by atoms with Gasteiger partial charge in [0.25, 0.3) is 0 Å². The van der Waals surface area contributed by atoms with Crippen LogP contribution in [0.5, 0.6) is 11.5 Å². The summed E-state index contributed by atoms with van der Waals surface area (Å²) in [6.45, 7) is 7.87. The summed E-state index contributed by atoms with van der Waals surface area (Å²) in [4.78, 5) is 14.8. The quantitative estimate of drug-likeness (QED) is 0.758. The first-order valence-electron chi connectivity index (χ1n) is 10.1. The summed E-state index contributed by atoms with van der Waals surface area (Å²) in [5, 5.41) is 4.02. The van der Waals surface area contributed by atoms with E-state index in [4.69, 9.17) is 21.1 Å². The zero-order valence-electron chi connectivity index (χ0n) is 16.4. The lowest BCUT2D eigenvalue weighted by Crippen LogP contribution is -2.34. The molecule has 1 aromatic rings. The van der Waals surface area contributed by atoms with Gasteiger partial charge in [-0.15, -0.1) is 0 Å². The van der Waals surface area contributed by atoms with E-state index in [0.717, 1.165) is 31.5 Å². The molecule has 5 nitrogen and oxygen atoms in total. The van der Waals surface area contributed by atoms with Crippen molar-refractivity contribution in [2.24, 2.45) is 5.92 Å². The van der Waals surface area contributed by atoms with E-state index in [0.29, 0.717) is 54.7 Å². The smallest absolute Gasteiger partial charge is 0.222 e. The number of amides is 1. The van der Waals surface area contributed by atoms with Crippen molar-refractivity contribution >= 4 is 17.5 Å². The number of hydrogen-bond donors (Lipinski definition) is 1. The summed E-state index contributed by atoms with van der Waals surface area (Å²) < 4.78 is 11.5. The molecule has 0 spiro atoms. The molecule has 0 aliphatic carbocycles. The zero-order valence-corrected chi connectivity index (χ0v) is 17.2. The van der Waals surface area contributed by atoms with Crippen LogP contribution in [-0.2, 0) is 11.3 Å². The molecule has 1 saturated heterocycles. The van der Waals surface area contributed by atoms with Crippen molar-refractivity contribution in [1.29, 1.82) is 0 Å². The first-order chi connectivity index (χ1) is 13.0. The normalized spacial score (nSPS) is 19.2. The van der Waals surface area contributed by atoms with Crippen LogP contribution in [0.2, 0.25) is 5.02 Å². The highest BCUT2D eigenvalue weighted by atomic mass is 35.5. The fraction of sp³-hybridized carbons (Fsp3) is 0.667. The van der Waals surface area contributed by atoms with Crippen LogP contribution in [0, 0.1) is 5.92 Å². The highest BCUT2D eigenvalue weighted by Gasteiger charge is 2.21. The number of fused-ring (bicyclic) bond motifs is 1. The Labute approximate surface area is 167 Å². The number of benzene rings is 1. The molecule has 1 unspecified atom stereocenters. The molecule has 27 heavy (non-hydrogen) atoms. The molecule has 1 amide bonds. The van der Waals surface area contributed by atoms with Gasteiger partial charge in [0.1, 0.15) is 0 Å². The summed E-state index contributed by atoms with van der Waals surface area (Å²) >= 11 is 6.42. The molecule has 1 aromatic carbocycles. The number of carbonyl (C=O) groups is 1. The maximum atomic E-state index is 12.9. The lowest BCUT2D eigenvalue weighted by molar-refractivity contribution is -0.132. The van der Waals surface area contributed by atoms with Gasteiger partial charge in [-0.2, -0.15) is 0 Å². The predicted octanol–water partition coefficient (Wildman–Crippen LogP) is 4.02. The van der Waals surface area contributed by atoms with Gasteiger partial charge in [0, 0.05) is 32.0 Å². The van der Waals surface area contributed by atoms with Gasteiger partial charge in [0.2, 0.25) is 5.91 Å². The van der Waals surface area contributed by atoms with Gasteiger partial charge in [-0.25, -0.2) is 0 Å². The minimum atomic E-state index is 0.209. The summed E-state index contributed by atoms with van der Waals surface area (Å²) in [6.07, 6.45) is 4.73. The average molecular weight is 395 g/mol. The van der Waals surface area contributed by atoms with Gasteiger partial charge in [0.15, 0.2) is 11.5 Å². The van der Waals surface area contributed by atoms with E-state index in [2.05, 4.69) is 19.2 Å². The maximum absolute atomic E-state index is 12.9. The van der Waals surface area contributed by atoms with Gasteiger partial charge in [0.05, 0.1) is 18.2 Å². The third-order valence-electron chi connectivity index (χ3n) is 5.04. The molecule has 0 aromatic heterocycles. The highest BCUT2D eigenvalue weighted by Crippen LogP contribution is 2.38. The molecule has 1 N–H and O–H groups in total. The Hall–Kier alpha value is -1.46. The number of hydrogen-bond acceptors (Lipinski definition) is 4. The molecule has 2 aliphatic heterocycles. The maximum Gasteiger partial charge on any atom is 0.222 e. The van der Waals surface area contributed by atoms with Gasteiger partial charge in [-0.3, -0.25) is 4.79 Å². The third kappa shape index (κ3) is 5.76. The first-order valence-corrected chi connectivity index (χ1v) is 10.5. The lowest BCUT2D eigenvalue weighted by Gasteiger charge is -2.26. The number of carbonyl (C=O) groups excluding carboxylic acids is 1. The summed E-state index contributed by atoms with van der Waals surface area (Å²) in [6, 6.07) is 4.35. The van der Waals surface area contributed by atoms with Crippen molar-refractivity contribution in [2.45, 2.75) is 58.5 Å². The highest BCUT2D eigenvalue weighted by molar-refractivity contribution is 6.32. The molecular weight excluding hydrogens is 364 g/mol. The molecule has 1 atom stereocenters. The van der Waals surface area contributed by atoms with E-state index in [9.17, 15) is 4.79 Å². The van der Waals surface area contributed by atoms with Crippen LogP contribution in [0.25, 0.3) is 0 Å². The number of nitrogens with one attached hydrogen (secondary N) is 1. The van der Waals surface area contributed by atoms with Crippen molar-refractivity contribution in [1.82, 2.24) is 10.2 Å². The molecule has 1 fully saturated rings. The van der Waals surface area contributed by atoms with Crippen LogP contribution in [-0.4, -0.2) is 43.2 Å². The van der Waals surface area contributed by atoms with Gasteiger partial charge < -0.3 is 19.7 Å². The van der Waals surface area contributed by atoms with Crippen molar-refractivity contribution in [3.05, 3.63) is 22.7 Å². The van der Waals surface area contributed by atoms with E-state index in [1.807, 2.05) is 17.0 Å². The van der Waals surface area contributed by atoms with E-state index in [1.165, 1.54) is 12.8 Å². The van der Waals surface area contributed by atoms with E-state index >= 15 is 0 Å². The molecule has 0 bridgehead atoms. The second kappa shape index (κ2) is 9.65. The molecular formula is C21H31ClN2O3. The third-order valence-corrected chi connectivity index (χ3v) is 5.32. The van der Waals surface area contributed by atoms with Crippen LogP contribution in [0.4, 0.5) is 0 Å². The molecule has 2 aliphatic rings. The Morgan fingerprint density at radius 1 is 1.30 bits per heavy atom. The molecule has 0 radical (unpaired) electrons. The summed E-state index contributed by atoms with van der Waals surface area (Å²) in [5.74, 6) is 1.92. The van der Waals surface area contributed by atoms with Crippen LogP contribution >= 0.6 is 11.6 Å². The molecule has 0 saturated carbocycles. The van der Waals surface area contributed by atoms with Crippen LogP contribution < -0.4 is 14.8 Å². The second-order valence-corrected chi connectivity index (χ2v) is 8.36. The Balaban J connectivity index is 1.68. The van der Waals surface area contributed by atoms with Crippen molar-refractivity contribution in [3.8, 4) is 11.5 Å². The fourth-order valence-corrected chi connectivity index (χ4v) is 4.04. The Morgan fingerprint density at radius 3 is 2.85 bits per heavy atom. The van der Waals surface area contributed by atoms with Gasteiger partial charge in [-0.05, 0) is 49.4 Å². The lowest BCUT2D eigenvalue weighted by atomic mass is 10.1. The van der Waals surface area contributed by atoms with Gasteiger partial charge >= 0.3 is 0 Å². The SMILES string of the molecule is CC(C)CN(Cc1cc(Cl)c2c(c1)OCCCO2)C(=O)CCC1CCCN1. The van der Waals surface area contributed by atoms with Crippen LogP contribution in [0.3, 0.4) is 0 Å². The Bertz CT molecular complexity index is 645. The molecule has 2 heterocycles. The first kappa shape index (κ1) is 20.3. The van der Waals surface area contributed by atoms with Crippen molar-refractivity contribution < 1.29 is 14.3 Å². The van der Waals surface area contributed by atoms with Gasteiger partial charge in [-0.1, -0.05) is 25.4 Å². The minimum Gasteiger partial charge on any atom is -0.489 e. The standard InChI is InChI=1S/C21H31ClN2O3/c1-15(2)13-24(20(25)7-6-17-5-3-8-23-17)14-16-11-18(22)21-19(12-16)26-9-4-10-27-21/h11-12,15,17,23H,3-10,13-14H2,1-2H3. The van der Waals surface area contributed by atoms with E-state index < -0.39 is 0 Å². The molecule has 150 valence electrons. The van der Waals surface area contributed by atoms with E-state index in [1.54, 1.807) is 0 Å². The topological polar surface area (TPSA) is 50.8 Å². The minimum absolute atomic E-state index is 0.209. The molecule has 3 rings (SSSR count). The summed E-state index contributed by atoms with van der Waals surface area (Å²) in [5.41, 5.74) is 0.984. The van der Waals surface area contributed by atoms with Crippen molar-refractivity contribution in [3.63, 3.8) is 0 Å². The number of halogens is 1. The second-order valence-electron chi connectivity index (χ2n) is 7.96. The Kier molecular flexibility index (Phi) is 7.25. The number of nitrogens with zero attached hydrogens (tertiary/aromatic N) is 1. The fourth-order valence-electron chi connectivity index (χ4n) is 3.75. The molecule has 6 heteroatoms. The largest absolute Gasteiger partial charge is 0.489 e. The van der Waals surface area contributed by atoms with Crippen molar-refractivity contribution in [2.75, 3.05) is 26.3 Å². The number of ether oxygens (including phenoxy) is 2. The average Bonchev–Trinajstić information content (AvgIpc) is 3.02. The predicted molar refractivity (Wildman–Crippen MR) is 108 cm³/mol.